The van der Waals surface area contributed by atoms with Crippen LogP contribution in [0.2, 0.25) is 10.0 Å². The van der Waals surface area contributed by atoms with E-state index in [1.54, 1.807) is 24.3 Å². The summed E-state index contributed by atoms with van der Waals surface area (Å²) >= 11 is 14.4. The fourth-order valence-electron chi connectivity index (χ4n) is 1.93. The van der Waals surface area contributed by atoms with Gasteiger partial charge >= 0.3 is 5.97 Å². The predicted molar refractivity (Wildman–Crippen MR) is 96.2 cm³/mol. The number of carbonyl (C=O) groups excluding carboxylic acids is 1. The van der Waals surface area contributed by atoms with Gasteiger partial charge in [0.05, 0.1) is 10.6 Å². The molecule has 1 aliphatic heterocycles. The van der Waals surface area contributed by atoms with Gasteiger partial charge in [-0.3, -0.25) is 0 Å². The Bertz CT molecular complexity index is 831. The summed E-state index contributed by atoms with van der Waals surface area (Å²) in [6, 6.07) is 12.6. The van der Waals surface area contributed by atoms with E-state index in [4.69, 9.17) is 27.9 Å². The Morgan fingerprint density at radius 1 is 1.09 bits per heavy atom. The van der Waals surface area contributed by atoms with Crippen molar-refractivity contribution >= 4 is 63.7 Å². The highest BCUT2D eigenvalue weighted by atomic mass is 127. The van der Waals surface area contributed by atoms with E-state index in [1.807, 2.05) is 24.3 Å². The summed E-state index contributed by atoms with van der Waals surface area (Å²) in [4.78, 5) is 16.2. The number of cyclic esters (lactones) is 1. The third-order valence-corrected chi connectivity index (χ3v) is 4.32. The van der Waals surface area contributed by atoms with Crippen molar-refractivity contribution in [1.82, 2.24) is 0 Å². The van der Waals surface area contributed by atoms with Gasteiger partial charge in [0, 0.05) is 8.59 Å². The first-order chi connectivity index (χ1) is 10.5. The van der Waals surface area contributed by atoms with Crippen LogP contribution in [0.5, 0.6) is 0 Å². The first kappa shape index (κ1) is 15.5. The van der Waals surface area contributed by atoms with E-state index in [9.17, 15) is 4.79 Å². The molecule has 1 heterocycles. The van der Waals surface area contributed by atoms with Gasteiger partial charge in [-0.05, 0) is 58.5 Å². The molecule has 0 N–H and O–H groups in total. The summed E-state index contributed by atoms with van der Waals surface area (Å²) in [7, 11) is 0. The lowest BCUT2D eigenvalue weighted by Gasteiger charge is -2.02. The Hall–Kier alpha value is -1.37. The average molecular weight is 444 g/mol. The van der Waals surface area contributed by atoms with Crippen LogP contribution in [0.25, 0.3) is 6.08 Å². The number of benzene rings is 2. The van der Waals surface area contributed by atoms with E-state index in [0.717, 1.165) is 3.57 Å². The second-order valence-electron chi connectivity index (χ2n) is 4.48. The molecule has 3 rings (SSSR count). The molecule has 0 amide bonds. The summed E-state index contributed by atoms with van der Waals surface area (Å²) in [6.07, 6.45) is 1.60. The molecule has 0 aromatic heterocycles. The molecule has 0 fully saturated rings. The Labute approximate surface area is 150 Å². The number of esters is 1. The molecular formula is C16H8Cl2INO2. The normalized spacial score (nSPS) is 15.9. The molecule has 0 atom stereocenters. The summed E-state index contributed by atoms with van der Waals surface area (Å²) in [6.45, 7) is 0. The third kappa shape index (κ3) is 3.19. The number of aliphatic imine (C=N–C) groups is 1. The highest BCUT2D eigenvalue weighted by Gasteiger charge is 2.25. The summed E-state index contributed by atoms with van der Waals surface area (Å²) in [5.74, 6) is -0.323. The molecule has 110 valence electrons. The zero-order chi connectivity index (χ0) is 15.7. The molecule has 0 spiro atoms. The molecule has 22 heavy (non-hydrogen) atoms. The van der Waals surface area contributed by atoms with Crippen molar-refractivity contribution < 1.29 is 9.53 Å². The quantitative estimate of drug-likeness (QED) is 0.374. The molecule has 0 unspecified atom stereocenters. The van der Waals surface area contributed by atoms with E-state index in [0.29, 0.717) is 21.2 Å². The SMILES string of the molecule is O=C1OC(c2cc(I)ccc2Cl)=N/C1=C\c1ccccc1Cl. The van der Waals surface area contributed by atoms with Crippen LogP contribution in [-0.4, -0.2) is 11.9 Å². The number of nitrogens with zero attached hydrogens (tertiary/aromatic N) is 1. The molecule has 0 radical (unpaired) electrons. The highest BCUT2D eigenvalue weighted by Crippen LogP contribution is 2.26. The summed E-state index contributed by atoms with van der Waals surface area (Å²) in [5.41, 5.74) is 1.48. The summed E-state index contributed by atoms with van der Waals surface area (Å²) in [5, 5.41) is 1.02. The maximum absolute atomic E-state index is 12.0. The van der Waals surface area contributed by atoms with Crippen LogP contribution in [-0.2, 0) is 9.53 Å². The number of carbonyl (C=O) groups is 1. The van der Waals surface area contributed by atoms with Gasteiger partial charge in [-0.25, -0.2) is 9.79 Å². The molecule has 0 aliphatic carbocycles. The third-order valence-electron chi connectivity index (χ3n) is 2.98. The van der Waals surface area contributed by atoms with E-state index in [-0.39, 0.29) is 11.6 Å². The number of halogens is 3. The van der Waals surface area contributed by atoms with Gasteiger partial charge < -0.3 is 4.74 Å². The second kappa shape index (κ2) is 6.40. The topological polar surface area (TPSA) is 38.7 Å². The first-order valence-electron chi connectivity index (χ1n) is 6.27. The van der Waals surface area contributed by atoms with Gasteiger partial charge in [0.15, 0.2) is 5.70 Å². The largest absolute Gasteiger partial charge is 0.402 e. The van der Waals surface area contributed by atoms with Gasteiger partial charge in [0.25, 0.3) is 0 Å². The lowest BCUT2D eigenvalue weighted by atomic mass is 10.2. The maximum atomic E-state index is 12.0. The smallest absolute Gasteiger partial charge is 0.363 e. The second-order valence-corrected chi connectivity index (χ2v) is 6.54. The first-order valence-corrected chi connectivity index (χ1v) is 8.10. The Morgan fingerprint density at radius 3 is 2.64 bits per heavy atom. The Kier molecular flexibility index (Phi) is 4.52. The molecular weight excluding hydrogens is 436 g/mol. The minimum Gasteiger partial charge on any atom is -0.402 e. The number of ether oxygens (including phenoxy) is 1. The molecule has 2 aromatic rings. The summed E-state index contributed by atoms with van der Waals surface area (Å²) < 4.78 is 6.19. The van der Waals surface area contributed by atoms with E-state index >= 15 is 0 Å². The van der Waals surface area contributed by atoms with E-state index < -0.39 is 5.97 Å². The number of hydrogen-bond donors (Lipinski definition) is 0. The van der Waals surface area contributed by atoms with Gasteiger partial charge in [0.1, 0.15) is 0 Å². The number of rotatable bonds is 2. The number of hydrogen-bond acceptors (Lipinski definition) is 3. The van der Waals surface area contributed by atoms with Crippen LogP contribution in [0.1, 0.15) is 11.1 Å². The van der Waals surface area contributed by atoms with Crippen molar-refractivity contribution in [2.24, 2.45) is 4.99 Å². The van der Waals surface area contributed by atoms with Gasteiger partial charge in [-0.15, -0.1) is 0 Å². The van der Waals surface area contributed by atoms with Crippen molar-refractivity contribution in [3.8, 4) is 0 Å². The van der Waals surface area contributed by atoms with Crippen LogP contribution in [0, 0.1) is 3.57 Å². The molecule has 0 saturated carbocycles. The zero-order valence-electron chi connectivity index (χ0n) is 11.0. The molecule has 1 aliphatic rings. The lowest BCUT2D eigenvalue weighted by molar-refractivity contribution is -0.129. The van der Waals surface area contributed by atoms with Crippen molar-refractivity contribution in [1.29, 1.82) is 0 Å². The monoisotopic (exact) mass is 443 g/mol. The zero-order valence-corrected chi connectivity index (χ0v) is 14.7. The van der Waals surface area contributed by atoms with Crippen molar-refractivity contribution in [3.05, 3.63) is 72.9 Å². The van der Waals surface area contributed by atoms with Crippen LogP contribution in [0.15, 0.2) is 53.2 Å². The molecule has 2 aromatic carbocycles. The Balaban J connectivity index is 2.02. The molecule has 3 nitrogen and oxygen atoms in total. The highest BCUT2D eigenvalue weighted by molar-refractivity contribution is 14.1. The minimum absolute atomic E-state index is 0.193. The van der Waals surface area contributed by atoms with Crippen molar-refractivity contribution in [2.45, 2.75) is 0 Å². The fraction of sp³-hybridized carbons (Fsp3) is 0. The Morgan fingerprint density at radius 2 is 1.86 bits per heavy atom. The standard InChI is InChI=1S/C16H8Cl2INO2/c17-12-4-2-1-3-9(12)7-14-16(21)22-15(20-14)11-8-10(19)5-6-13(11)18/h1-8H/b14-7-. The van der Waals surface area contributed by atoms with Crippen LogP contribution in [0.4, 0.5) is 0 Å². The predicted octanol–water partition coefficient (Wildman–Crippen LogP) is 4.94. The fourth-order valence-corrected chi connectivity index (χ4v) is 2.81. The van der Waals surface area contributed by atoms with Gasteiger partial charge in [-0.2, -0.15) is 0 Å². The van der Waals surface area contributed by atoms with Crippen molar-refractivity contribution in [3.63, 3.8) is 0 Å². The van der Waals surface area contributed by atoms with E-state index in [2.05, 4.69) is 27.6 Å². The van der Waals surface area contributed by atoms with Crippen LogP contribution in [0.3, 0.4) is 0 Å². The van der Waals surface area contributed by atoms with Gasteiger partial charge in [-0.1, -0.05) is 41.4 Å². The minimum atomic E-state index is -0.523. The average Bonchev–Trinajstić information content (AvgIpc) is 2.85. The molecule has 6 heteroatoms. The molecule has 0 bridgehead atoms. The van der Waals surface area contributed by atoms with Crippen molar-refractivity contribution in [2.75, 3.05) is 0 Å². The molecule has 0 saturated heterocycles. The van der Waals surface area contributed by atoms with Crippen LogP contribution < -0.4 is 0 Å². The lowest BCUT2D eigenvalue weighted by Crippen LogP contribution is -2.06. The maximum Gasteiger partial charge on any atom is 0.363 e. The van der Waals surface area contributed by atoms with Crippen LogP contribution >= 0.6 is 45.8 Å². The van der Waals surface area contributed by atoms with Gasteiger partial charge in [0.2, 0.25) is 5.90 Å². The van der Waals surface area contributed by atoms with E-state index in [1.165, 1.54) is 0 Å².